The molecule has 1 saturated carbocycles. The minimum absolute atomic E-state index is 0.438. The predicted octanol–water partition coefficient (Wildman–Crippen LogP) is 5.47. The van der Waals surface area contributed by atoms with E-state index in [1.165, 1.54) is 42.4 Å². The molecule has 0 N–H and O–H groups in total. The van der Waals surface area contributed by atoms with Gasteiger partial charge in [-0.05, 0) is 48.1 Å². The molecule has 1 fully saturated rings. The highest BCUT2D eigenvalue weighted by Gasteiger charge is 2.27. The van der Waals surface area contributed by atoms with Crippen molar-refractivity contribution < 1.29 is 0 Å². The minimum Gasteiger partial charge on any atom is -0.265 e. The summed E-state index contributed by atoms with van der Waals surface area (Å²) in [7, 11) is 0. The van der Waals surface area contributed by atoms with Crippen LogP contribution >= 0.6 is 0 Å². The molecule has 120 valence electrons. The van der Waals surface area contributed by atoms with Crippen LogP contribution in [0.5, 0.6) is 0 Å². The molecule has 2 nitrogen and oxygen atoms in total. The van der Waals surface area contributed by atoms with E-state index in [0.29, 0.717) is 5.92 Å². The zero-order valence-electron chi connectivity index (χ0n) is 13.8. The Labute approximate surface area is 143 Å². The molecule has 0 bridgehead atoms. The normalized spacial score (nSPS) is 16.2. The molecule has 1 aliphatic rings. The van der Waals surface area contributed by atoms with Crippen LogP contribution in [0.1, 0.15) is 42.7 Å². The van der Waals surface area contributed by atoms with Crippen molar-refractivity contribution in [3.05, 3.63) is 84.3 Å². The first-order valence-electron chi connectivity index (χ1n) is 8.83. The van der Waals surface area contributed by atoms with Crippen LogP contribution in [-0.2, 0) is 0 Å². The molecule has 2 heteroatoms. The quantitative estimate of drug-likeness (QED) is 0.638. The van der Waals surface area contributed by atoms with Crippen molar-refractivity contribution >= 4 is 0 Å². The van der Waals surface area contributed by atoms with E-state index >= 15 is 0 Å². The van der Waals surface area contributed by atoms with Gasteiger partial charge in [0.1, 0.15) is 0 Å². The Morgan fingerprint density at radius 3 is 2.21 bits per heavy atom. The van der Waals surface area contributed by atoms with Crippen LogP contribution in [0.15, 0.2) is 73.2 Å². The van der Waals surface area contributed by atoms with Crippen molar-refractivity contribution in [2.45, 2.75) is 31.6 Å². The summed E-state index contributed by atoms with van der Waals surface area (Å²) in [5.41, 5.74) is 4.91. The molecule has 0 radical (unpaired) electrons. The summed E-state index contributed by atoms with van der Waals surface area (Å²) in [6.45, 7) is 0. The lowest BCUT2D eigenvalue weighted by Crippen LogP contribution is -2.12. The standard InChI is InChI=1S/C22H22N2/c1-2-6-17(7-3-1)21-11-10-20(16-24-21)22(18-8-4-5-9-18)19-12-14-23-15-13-19/h1-3,6-7,10-16,18,22H,4-5,8-9H2. The van der Waals surface area contributed by atoms with E-state index in [0.717, 1.165) is 11.6 Å². The molecule has 24 heavy (non-hydrogen) atoms. The molecule has 3 aromatic rings. The Morgan fingerprint density at radius 2 is 1.54 bits per heavy atom. The van der Waals surface area contributed by atoms with Gasteiger partial charge in [-0.3, -0.25) is 9.97 Å². The van der Waals surface area contributed by atoms with Crippen LogP contribution in [-0.4, -0.2) is 9.97 Å². The molecule has 2 aromatic heterocycles. The summed E-state index contributed by atoms with van der Waals surface area (Å²) >= 11 is 0. The van der Waals surface area contributed by atoms with Crippen LogP contribution in [0.25, 0.3) is 11.3 Å². The van der Waals surface area contributed by atoms with E-state index in [1.807, 2.05) is 18.5 Å². The first-order valence-corrected chi connectivity index (χ1v) is 8.83. The first kappa shape index (κ1) is 15.1. The number of pyridine rings is 2. The van der Waals surface area contributed by atoms with Crippen LogP contribution in [0.2, 0.25) is 0 Å². The van der Waals surface area contributed by atoms with Gasteiger partial charge in [-0.1, -0.05) is 49.2 Å². The molecule has 0 saturated heterocycles. The van der Waals surface area contributed by atoms with E-state index in [1.54, 1.807) is 0 Å². The maximum Gasteiger partial charge on any atom is 0.0702 e. The molecule has 4 rings (SSSR count). The third kappa shape index (κ3) is 3.09. The highest BCUT2D eigenvalue weighted by atomic mass is 14.7. The molecular formula is C22H22N2. The van der Waals surface area contributed by atoms with Crippen molar-refractivity contribution in [1.82, 2.24) is 9.97 Å². The Hall–Kier alpha value is -2.48. The summed E-state index contributed by atoms with van der Waals surface area (Å²) in [6, 6.07) is 19.1. The maximum atomic E-state index is 4.75. The SMILES string of the molecule is c1ccc(-c2ccc(C(c3ccncc3)C3CCCC3)cn2)cc1. The zero-order chi connectivity index (χ0) is 16.2. The minimum atomic E-state index is 0.438. The van der Waals surface area contributed by atoms with Gasteiger partial charge in [0.05, 0.1) is 5.69 Å². The summed E-state index contributed by atoms with van der Waals surface area (Å²) in [6.07, 6.45) is 11.2. The highest BCUT2D eigenvalue weighted by molar-refractivity contribution is 5.59. The van der Waals surface area contributed by atoms with Crippen LogP contribution in [0, 0.1) is 5.92 Å². The smallest absolute Gasteiger partial charge is 0.0702 e. The second kappa shape index (κ2) is 6.96. The number of aromatic nitrogens is 2. The van der Waals surface area contributed by atoms with Crippen molar-refractivity contribution in [3.63, 3.8) is 0 Å². The number of benzene rings is 1. The van der Waals surface area contributed by atoms with Crippen LogP contribution < -0.4 is 0 Å². The zero-order valence-corrected chi connectivity index (χ0v) is 13.8. The van der Waals surface area contributed by atoms with Gasteiger partial charge in [0.15, 0.2) is 0 Å². The largest absolute Gasteiger partial charge is 0.265 e. The van der Waals surface area contributed by atoms with Crippen LogP contribution in [0.4, 0.5) is 0 Å². The Balaban J connectivity index is 1.68. The second-order valence-electron chi connectivity index (χ2n) is 6.65. The van der Waals surface area contributed by atoms with E-state index in [9.17, 15) is 0 Å². The Kier molecular flexibility index (Phi) is 4.37. The lowest BCUT2D eigenvalue weighted by Gasteiger charge is -2.24. The summed E-state index contributed by atoms with van der Waals surface area (Å²) in [5, 5.41) is 0. The molecule has 2 heterocycles. The fraction of sp³-hybridized carbons (Fsp3) is 0.273. The van der Waals surface area contributed by atoms with E-state index < -0.39 is 0 Å². The van der Waals surface area contributed by atoms with Gasteiger partial charge in [0.2, 0.25) is 0 Å². The summed E-state index contributed by atoms with van der Waals surface area (Å²) in [4.78, 5) is 8.94. The average Bonchev–Trinajstić information content (AvgIpc) is 3.18. The predicted molar refractivity (Wildman–Crippen MR) is 97.7 cm³/mol. The van der Waals surface area contributed by atoms with Crippen molar-refractivity contribution in [2.24, 2.45) is 5.92 Å². The van der Waals surface area contributed by atoms with Gasteiger partial charge in [0.25, 0.3) is 0 Å². The van der Waals surface area contributed by atoms with Gasteiger partial charge in [0, 0.05) is 30.1 Å². The number of hydrogen-bond acceptors (Lipinski definition) is 2. The monoisotopic (exact) mass is 314 g/mol. The molecule has 0 amide bonds. The molecule has 1 unspecified atom stereocenters. The Morgan fingerprint density at radius 1 is 0.792 bits per heavy atom. The first-order chi connectivity index (χ1) is 11.9. The Bertz CT molecular complexity index is 760. The number of hydrogen-bond donors (Lipinski definition) is 0. The summed E-state index contributed by atoms with van der Waals surface area (Å²) < 4.78 is 0. The molecule has 0 aliphatic heterocycles. The summed E-state index contributed by atoms with van der Waals surface area (Å²) in [5.74, 6) is 1.16. The van der Waals surface area contributed by atoms with Gasteiger partial charge in [-0.25, -0.2) is 0 Å². The molecule has 1 atom stereocenters. The number of nitrogens with zero attached hydrogens (tertiary/aromatic N) is 2. The molecular weight excluding hydrogens is 292 g/mol. The van der Waals surface area contributed by atoms with E-state index in [2.05, 4.69) is 59.7 Å². The lowest BCUT2D eigenvalue weighted by atomic mass is 9.80. The third-order valence-electron chi connectivity index (χ3n) is 5.15. The van der Waals surface area contributed by atoms with Gasteiger partial charge in [-0.2, -0.15) is 0 Å². The van der Waals surface area contributed by atoms with E-state index in [4.69, 9.17) is 4.98 Å². The van der Waals surface area contributed by atoms with Gasteiger partial charge >= 0.3 is 0 Å². The number of rotatable bonds is 4. The topological polar surface area (TPSA) is 25.8 Å². The molecule has 1 aromatic carbocycles. The van der Waals surface area contributed by atoms with Crippen molar-refractivity contribution in [3.8, 4) is 11.3 Å². The van der Waals surface area contributed by atoms with Gasteiger partial charge < -0.3 is 0 Å². The van der Waals surface area contributed by atoms with E-state index in [-0.39, 0.29) is 0 Å². The second-order valence-corrected chi connectivity index (χ2v) is 6.65. The maximum absolute atomic E-state index is 4.75. The van der Waals surface area contributed by atoms with Crippen LogP contribution in [0.3, 0.4) is 0 Å². The average molecular weight is 314 g/mol. The van der Waals surface area contributed by atoms with Crippen molar-refractivity contribution in [1.29, 1.82) is 0 Å². The van der Waals surface area contributed by atoms with Gasteiger partial charge in [-0.15, -0.1) is 0 Å². The molecule has 1 aliphatic carbocycles. The third-order valence-corrected chi connectivity index (χ3v) is 5.15. The fourth-order valence-corrected chi connectivity index (χ4v) is 3.97. The lowest BCUT2D eigenvalue weighted by molar-refractivity contribution is 0.482. The highest BCUT2D eigenvalue weighted by Crippen LogP contribution is 2.41. The van der Waals surface area contributed by atoms with Crippen molar-refractivity contribution in [2.75, 3.05) is 0 Å². The molecule has 0 spiro atoms. The fourth-order valence-electron chi connectivity index (χ4n) is 3.97.